The van der Waals surface area contributed by atoms with Crippen LogP contribution in [0.1, 0.15) is 13.8 Å². The number of ether oxygens (including phenoxy) is 2. The van der Waals surface area contributed by atoms with E-state index in [4.69, 9.17) is 9.47 Å². The number of thioether (sulfide) groups is 1. The number of rotatable bonds is 2. The Kier molecular flexibility index (Phi) is 3.95. The zero-order chi connectivity index (χ0) is 17.8. The lowest BCUT2D eigenvalue weighted by Crippen LogP contribution is -2.37. The number of hydrogen-bond acceptors (Lipinski definition) is 6. The van der Waals surface area contributed by atoms with Crippen LogP contribution < -0.4 is 14.4 Å². The second-order valence-corrected chi connectivity index (χ2v) is 9.96. The van der Waals surface area contributed by atoms with Gasteiger partial charge in [0, 0.05) is 22.9 Å². The standard InChI is InChI=1S/C16H18N2O5S2/c1-9(2)15(19)17-16-18(11-6-25(20,21)7-14(11)24-16)10-3-4-12-13(5-10)23-8-22-12/h3-5,9,11,14H,6-8H2,1-2H3/t11-,14+/m0/s1. The molecule has 1 amide bonds. The highest BCUT2D eigenvalue weighted by Crippen LogP contribution is 2.43. The number of aliphatic imine (C=N–C) groups is 1. The molecule has 1 aromatic carbocycles. The molecule has 4 rings (SSSR count). The molecule has 2 saturated heterocycles. The molecule has 0 spiro atoms. The average Bonchev–Trinajstić information content (AvgIpc) is 3.18. The fourth-order valence-electron chi connectivity index (χ4n) is 3.12. The lowest BCUT2D eigenvalue weighted by atomic mass is 10.2. The first-order valence-electron chi connectivity index (χ1n) is 8.02. The first-order valence-corrected chi connectivity index (χ1v) is 10.7. The van der Waals surface area contributed by atoms with Gasteiger partial charge in [-0.2, -0.15) is 4.99 Å². The maximum atomic E-state index is 12.1. The van der Waals surface area contributed by atoms with Crippen LogP contribution in [0.5, 0.6) is 11.5 Å². The number of anilines is 1. The molecule has 134 valence electrons. The summed E-state index contributed by atoms with van der Waals surface area (Å²) in [5.41, 5.74) is 0.761. The molecule has 7 nitrogen and oxygen atoms in total. The van der Waals surface area contributed by atoms with E-state index in [2.05, 4.69) is 4.99 Å². The summed E-state index contributed by atoms with van der Waals surface area (Å²) < 4.78 is 34.9. The minimum atomic E-state index is -3.08. The molecule has 3 heterocycles. The van der Waals surface area contributed by atoms with E-state index in [9.17, 15) is 13.2 Å². The van der Waals surface area contributed by atoms with Crippen LogP contribution in [0.4, 0.5) is 5.69 Å². The second-order valence-electron chi connectivity index (χ2n) is 6.60. The maximum Gasteiger partial charge on any atom is 0.250 e. The number of amides is 1. The fourth-order valence-corrected chi connectivity index (χ4v) is 7.04. The summed E-state index contributed by atoms with van der Waals surface area (Å²) in [6, 6.07) is 5.22. The minimum Gasteiger partial charge on any atom is -0.454 e. The monoisotopic (exact) mass is 382 g/mol. The molecule has 3 aliphatic rings. The van der Waals surface area contributed by atoms with Gasteiger partial charge in [-0.25, -0.2) is 8.42 Å². The van der Waals surface area contributed by atoms with Crippen molar-refractivity contribution in [3.8, 4) is 11.5 Å². The van der Waals surface area contributed by atoms with E-state index in [1.807, 2.05) is 17.0 Å². The van der Waals surface area contributed by atoms with E-state index in [1.54, 1.807) is 19.9 Å². The lowest BCUT2D eigenvalue weighted by Gasteiger charge is -2.24. The Morgan fingerprint density at radius 3 is 2.80 bits per heavy atom. The molecule has 0 N–H and O–H groups in total. The molecule has 0 saturated carbocycles. The summed E-state index contributed by atoms with van der Waals surface area (Å²) in [6.07, 6.45) is 0. The Hall–Kier alpha value is -1.74. The van der Waals surface area contributed by atoms with E-state index in [-0.39, 0.29) is 41.4 Å². The van der Waals surface area contributed by atoms with Crippen molar-refractivity contribution in [3.63, 3.8) is 0 Å². The first kappa shape index (κ1) is 16.7. The third kappa shape index (κ3) is 2.99. The Bertz CT molecular complexity index is 865. The summed E-state index contributed by atoms with van der Waals surface area (Å²) in [5, 5.41) is 0.441. The van der Waals surface area contributed by atoms with Crippen molar-refractivity contribution in [1.82, 2.24) is 0 Å². The van der Waals surface area contributed by atoms with Crippen LogP contribution in [-0.2, 0) is 14.6 Å². The number of amidine groups is 1. The van der Waals surface area contributed by atoms with Gasteiger partial charge in [-0.15, -0.1) is 0 Å². The van der Waals surface area contributed by atoms with Crippen molar-refractivity contribution in [2.45, 2.75) is 25.1 Å². The largest absolute Gasteiger partial charge is 0.454 e. The molecule has 0 bridgehead atoms. The number of hydrogen-bond donors (Lipinski definition) is 0. The molecule has 25 heavy (non-hydrogen) atoms. The van der Waals surface area contributed by atoms with Gasteiger partial charge in [-0.3, -0.25) is 4.79 Å². The smallest absolute Gasteiger partial charge is 0.250 e. The average molecular weight is 382 g/mol. The van der Waals surface area contributed by atoms with Crippen LogP contribution in [0.25, 0.3) is 0 Å². The van der Waals surface area contributed by atoms with Crippen molar-refractivity contribution in [2.75, 3.05) is 23.2 Å². The molecular weight excluding hydrogens is 364 g/mol. The van der Waals surface area contributed by atoms with Gasteiger partial charge in [-0.1, -0.05) is 25.6 Å². The predicted molar refractivity (Wildman–Crippen MR) is 96.1 cm³/mol. The summed E-state index contributed by atoms with van der Waals surface area (Å²) in [7, 11) is -3.08. The Labute approximate surface area is 150 Å². The lowest BCUT2D eigenvalue weighted by molar-refractivity contribution is -0.120. The van der Waals surface area contributed by atoms with Crippen molar-refractivity contribution >= 4 is 38.4 Å². The van der Waals surface area contributed by atoms with Crippen LogP contribution >= 0.6 is 11.8 Å². The van der Waals surface area contributed by atoms with Gasteiger partial charge >= 0.3 is 0 Å². The van der Waals surface area contributed by atoms with E-state index < -0.39 is 9.84 Å². The molecule has 3 aliphatic heterocycles. The first-order chi connectivity index (χ1) is 11.8. The van der Waals surface area contributed by atoms with E-state index in [0.29, 0.717) is 16.7 Å². The number of sulfone groups is 1. The molecule has 0 radical (unpaired) electrons. The maximum absolute atomic E-state index is 12.1. The van der Waals surface area contributed by atoms with E-state index in [0.717, 1.165) is 5.69 Å². The molecule has 9 heteroatoms. The Morgan fingerprint density at radius 2 is 2.04 bits per heavy atom. The van der Waals surface area contributed by atoms with E-state index in [1.165, 1.54) is 11.8 Å². The fraction of sp³-hybridized carbons (Fsp3) is 0.500. The van der Waals surface area contributed by atoms with Gasteiger partial charge in [0.15, 0.2) is 26.5 Å². The molecular formula is C16H18N2O5S2. The van der Waals surface area contributed by atoms with Crippen LogP contribution in [0.3, 0.4) is 0 Å². The normalized spacial score (nSPS) is 28.0. The highest BCUT2D eigenvalue weighted by atomic mass is 32.2. The van der Waals surface area contributed by atoms with Gasteiger partial charge in [0.25, 0.3) is 5.91 Å². The predicted octanol–water partition coefficient (Wildman–Crippen LogP) is 1.67. The van der Waals surface area contributed by atoms with Crippen LogP contribution in [0.2, 0.25) is 0 Å². The molecule has 1 aromatic rings. The van der Waals surface area contributed by atoms with Gasteiger partial charge in [-0.05, 0) is 12.1 Å². The quantitative estimate of drug-likeness (QED) is 0.769. The molecule has 2 fully saturated rings. The Morgan fingerprint density at radius 1 is 1.28 bits per heavy atom. The van der Waals surface area contributed by atoms with Gasteiger partial charge in [0.2, 0.25) is 6.79 Å². The summed E-state index contributed by atoms with van der Waals surface area (Å²) in [6.45, 7) is 3.76. The second kappa shape index (κ2) is 5.91. The molecule has 0 aromatic heterocycles. The van der Waals surface area contributed by atoms with E-state index >= 15 is 0 Å². The van der Waals surface area contributed by atoms with Crippen molar-refractivity contribution in [1.29, 1.82) is 0 Å². The molecule has 2 atom stereocenters. The molecule has 0 unspecified atom stereocenters. The van der Waals surface area contributed by atoms with Crippen LogP contribution in [0.15, 0.2) is 23.2 Å². The third-order valence-electron chi connectivity index (χ3n) is 4.40. The SMILES string of the molecule is CC(C)C(=O)N=C1S[C@@H]2CS(=O)(=O)C[C@@H]2N1c1ccc2c(c1)OCO2. The number of nitrogens with zero attached hydrogens (tertiary/aromatic N) is 2. The van der Waals surface area contributed by atoms with Gasteiger partial charge < -0.3 is 14.4 Å². The zero-order valence-electron chi connectivity index (χ0n) is 13.8. The highest BCUT2D eigenvalue weighted by Gasteiger charge is 2.49. The number of carbonyl (C=O) groups excluding carboxylic acids is 1. The van der Waals surface area contributed by atoms with Crippen molar-refractivity contribution in [3.05, 3.63) is 18.2 Å². The molecule has 0 aliphatic carbocycles. The number of fused-ring (bicyclic) bond motifs is 2. The zero-order valence-corrected chi connectivity index (χ0v) is 15.5. The minimum absolute atomic E-state index is 0.0635. The third-order valence-corrected chi connectivity index (χ3v) is 7.61. The summed E-state index contributed by atoms with van der Waals surface area (Å²) in [4.78, 5) is 18.2. The van der Waals surface area contributed by atoms with Gasteiger partial charge in [0.05, 0.1) is 17.5 Å². The number of benzene rings is 1. The van der Waals surface area contributed by atoms with Crippen LogP contribution in [-0.4, -0.2) is 49.1 Å². The topological polar surface area (TPSA) is 85.3 Å². The Balaban J connectivity index is 1.75. The number of carbonyl (C=O) groups is 1. The van der Waals surface area contributed by atoms with Crippen LogP contribution in [0, 0.1) is 5.92 Å². The van der Waals surface area contributed by atoms with Crippen molar-refractivity contribution < 1.29 is 22.7 Å². The summed E-state index contributed by atoms with van der Waals surface area (Å²) >= 11 is 1.37. The van der Waals surface area contributed by atoms with Crippen molar-refractivity contribution in [2.24, 2.45) is 10.9 Å². The van der Waals surface area contributed by atoms with Gasteiger partial charge in [0.1, 0.15) is 0 Å². The highest BCUT2D eigenvalue weighted by molar-refractivity contribution is 8.16. The summed E-state index contributed by atoms with van der Waals surface area (Å²) in [5.74, 6) is 1.02.